The predicted molar refractivity (Wildman–Crippen MR) is 56.7 cm³/mol. The summed E-state index contributed by atoms with van der Waals surface area (Å²) in [5.74, 6) is -1.88. The van der Waals surface area contributed by atoms with Crippen LogP contribution in [0.1, 0.15) is 34.3 Å². The molecule has 0 heterocycles. The first-order chi connectivity index (χ1) is 7.47. The van der Waals surface area contributed by atoms with Gasteiger partial charge in [-0.15, -0.1) is 0 Å². The summed E-state index contributed by atoms with van der Waals surface area (Å²) in [6.45, 7) is 1.70. The topological polar surface area (TPSA) is 74.6 Å². The minimum atomic E-state index is -1.01. The molecule has 0 aliphatic heterocycles. The fourth-order valence-electron chi connectivity index (χ4n) is 1.90. The molecule has 0 spiro atoms. The van der Waals surface area contributed by atoms with Gasteiger partial charge in [0, 0.05) is 0 Å². The Bertz CT molecular complexity index is 472. The monoisotopic (exact) mass is 220 g/mol. The van der Waals surface area contributed by atoms with Gasteiger partial charge in [-0.3, -0.25) is 4.79 Å². The van der Waals surface area contributed by atoms with Gasteiger partial charge in [0.2, 0.25) is 0 Å². The molecule has 4 nitrogen and oxygen atoms in total. The summed E-state index contributed by atoms with van der Waals surface area (Å²) in [6, 6.07) is 4.86. The fraction of sp³-hybridized carbons (Fsp3) is 0.333. The van der Waals surface area contributed by atoms with E-state index in [2.05, 4.69) is 0 Å². The molecule has 0 amide bonds. The summed E-state index contributed by atoms with van der Waals surface area (Å²) in [7, 11) is 0. The lowest BCUT2D eigenvalue weighted by molar-refractivity contribution is -0.140. The zero-order chi connectivity index (χ0) is 11.9. The number of carboxylic acid groups (broad SMARTS) is 2. The van der Waals surface area contributed by atoms with Crippen molar-refractivity contribution in [2.24, 2.45) is 0 Å². The first-order valence-electron chi connectivity index (χ1n) is 5.05. The summed E-state index contributed by atoms with van der Waals surface area (Å²) >= 11 is 0. The molecule has 0 radical (unpaired) electrons. The second kappa shape index (κ2) is 3.33. The number of aromatic carboxylic acids is 1. The average Bonchev–Trinajstić information content (AvgIpc) is 2.98. The fourth-order valence-corrected chi connectivity index (χ4v) is 1.90. The smallest absolute Gasteiger partial charge is 0.335 e. The summed E-state index contributed by atoms with van der Waals surface area (Å²) in [6.07, 6.45) is 1.18. The van der Waals surface area contributed by atoms with Gasteiger partial charge in [-0.25, -0.2) is 4.79 Å². The number of aliphatic carboxylic acids is 1. The summed E-state index contributed by atoms with van der Waals surface area (Å²) in [5, 5.41) is 18.1. The summed E-state index contributed by atoms with van der Waals surface area (Å²) < 4.78 is 0. The molecule has 1 saturated carbocycles. The van der Waals surface area contributed by atoms with E-state index in [9.17, 15) is 9.59 Å². The van der Waals surface area contributed by atoms with Gasteiger partial charge >= 0.3 is 11.9 Å². The number of hydrogen-bond donors (Lipinski definition) is 2. The van der Waals surface area contributed by atoms with Gasteiger partial charge in [-0.2, -0.15) is 0 Å². The Morgan fingerprint density at radius 3 is 2.31 bits per heavy atom. The van der Waals surface area contributed by atoms with Crippen molar-refractivity contribution >= 4 is 11.9 Å². The predicted octanol–water partition coefficient (Wildman–Crippen LogP) is 1.81. The maximum absolute atomic E-state index is 11.1. The van der Waals surface area contributed by atoms with E-state index in [1.54, 1.807) is 19.1 Å². The second-order valence-electron chi connectivity index (χ2n) is 4.22. The zero-order valence-electron chi connectivity index (χ0n) is 8.86. The molecule has 1 aromatic rings. The van der Waals surface area contributed by atoms with Crippen molar-refractivity contribution in [2.45, 2.75) is 25.2 Å². The van der Waals surface area contributed by atoms with Crippen LogP contribution in [0.25, 0.3) is 0 Å². The third kappa shape index (κ3) is 1.46. The molecule has 2 rings (SSSR count). The van der Waals surface area contributed by atoms with Crippen LogP contribution in [0.2, 0.25) is 0 Å². The zero-order valence-corrected chi connectivity index (χ0v) is 8.86. The van der Waals surface area contributed by atoms with Crippen LogP contribution in [-0.4, -0.2) is 22.2 Å². The van der Waals surface area contributed by atoms with Crippen LogP contribution in [0.15, 0.2) is 18.2 Å². The molecule has 2 N–H and O–H groups in total. The molecule has 0 bridgehead atoms. The van der Waals surface area contributed by atoms with Crippen molar-refractivity contribution in [1.82, 2.24) is 0 Å². The lowest BCUT2D eigenvalue weighted by Gasteiger charge is -2.11. The molecule has 0 atom stereocenters. The Labute approximate surface area is 92.5 Å². The minimum absolute atomic E-state index is 0.185. The van der Waals surface area contributed by atoms with Gasteiger partial charge in [0.15, 0.2) is 0 Å². The van der Waals surface area contributed by atoms with Crippen LogP contribution in [-0.2, 0) is 10.2 Å². The molecule has 1 aliphatic carbocycles. The highest BCUT2D eigenvalue weighted by Crippen LogP contribution is 2.48. The van der Waals surface area contributed by atoms with E-state index in [-0.39, 0.29) is 5.56 Å². The molecule has 0 unspecified atom stereocenters. The van der Waals surface area contributed by atoms with Crippen molar-refractivity contribution < 1.29 is 19.8 Å². The van der Waals surface area contributed by atoms with Crippen LogP contribution in [0.3, 0.4) is 0 Å². The highest BCUT2D eigenvalue weighted by Gasteiger charge is 2.51. The first-order valence-corrected chi connectivity index (χ1v) is 5.05. The van der Waals surface area contributed by atoms with E-state index < -0.39 is 17.4 Å². The molecule has 84 valence electrons. The van der Waals surface area contributed by atoms with Gasteiger partial charge in [-0.1, -0.05) is 12.1 Å². The molecule has 1 aliphatic rings. The van der Waals surface area contributed by atoms with Gasteiger partial charge in [-0.05, 0) is 37.0 Å². The van der Waals surface area contributed by atoms with E-state index in [4.69, 9.17) is 10.2 Å². The third-order valence-electron chi connectivity index (χ3n) is 3.18. The number of hydrogen-bond acceptors (Lipinski definition) is 2. The Morgan fingerprint density at radius 2 is 1.88 bits per heavy atom. The van der Waals surface area contributed by atoms with Crippen LogP contribution in [0.5, 0.6) is 0 Å². The quantitative estimate of drug-likeness (QED) is 0.814. The maximum atomic E-state index is 11.1. The number of carbonyl (C=O) groups is 2. The van der Waals surface area contributed by atoms with Crippen LogP contribution < -0.4 is 0 Å². The Hall–Kier alpha value is -1.84. The molecule has 16 heavy (non-hydrogen) atoms. The normalized spacial score (nSPS) is 16.8. The molecular formula is C12H12O4. The minimum Gasteiger partial charge on any atom is -0.481 e. The highest BCUT2D eigenvalue weighted by molar-refractivity contribution is 5.91. The van der Waals surface area contributed by atoms with Gasteiger partial charge in [0.05, 0.1) is 11.0 Å². The van der Waals surface area contributed by atoms with Crippen molar-refractivity contribution in [1.29, 1.82) is 0 Å². The number of benzene rings is 1. The van der Waals surface area contributed by atoms with Crippen LogP contribution in [0, 0.1) is 6.92 Å². The number of carboxylic acids is 2. The standard InChI is InChI=1S/C12H12O4/c1-7-2-3-8(6-9(7)10(13)14)12(4-5-12)11(15)16/h2-3,6H,4-5H2,1H3,(H,13,14)(H,15,16). The maximum Gasteiger partial charge on any atom is 0.335 e. The Kier molecular flexibility index (Phi) is 2.22. The van der Waals surface area contributed by atoms with Crippen molar-refractivity contribution in [3.8, 4) is 0 Å². The lowest BCUT2D eigenvalue weighted by atomic mass is 9.93. The van der Waals surface area contributed by atoms with Crippen molar-refractivity contribution in [3.63, 3.8) is 0 Å². The number of aryl methyl sites for hydroxylation is 1. The summed E-state index contributed by atoms with van der Waals surface area (Å²) in [5.41, 5.74) is 0.600. The van der Waals surface area contributed by atoms with Gasteiger partial charge in [0.1, 0.15) is 0 Å². The van der Waals surface area contributed by atoms with E-state index in [0.29, 0.717) is 24.0 Å². The van der Waals surface area contributed by atoms with Gasteiger partial charge in [0.25, 0.3) is 0 Å². The van der Waals surface area contributed by atoms with Crippen molar-refractivity contribution in [2.75, 3.05) is 0 Å². The molecule has 0 saturated heterocycles. The molecule has 1 fully saturated rings. The summed E-state index contributed by atoms with van der Waals surface area (Å²) in [4.78, 5) is 22.0. The molecule has 4 heteroatoms. The second-order valence-corrected chi connectivity index (χ2v) is 4.22. The Morgan fingerprint density at radius 1 is 1.25 bits per heavy atom. The third-order valence-corrected chi connectivity index (χ3v) is 3.18. The van der Waals surface area contributed by atoms with Crippen LogP contribution >= 0.6 is 0 Å². The first kappa shape index (κ1) is 10.7. The SMILES string of the molecule is Cc1ccc(C2(C(=O)O)CC2)cc1C(=O)O. The van der Waals surface area contributed by atoms with Crippen LogP contribution in [0.4, 0.5) is 0 Å². The van der Waals surface area contributed by atoms with Gasteiger partial charge < -0.3 is 10.2 Å². The largest absolute Gasteiger partial charge is 0.481 e. The molecule has 1 aromatic carbocycles. The van der Waals surface area contributed by atoms with Crippen molar-refractivity contribution in [3.05, 3.63) is 34.9 Å². The highest BCUT2D eigenvalue weighted by atomic mass is 16.4. The van der Waals surface area contributed by atoms with E-state index in [1.807, 2.05) is 0 Å². The van der Waals surface area contributed by atoms with E-state index in [0.717, 1.165) is 0 Å². The lowest BCUT2D eigenvalue weighted by Crippen LogP contribution is -2.20. The average molecular weight is 220 g/mol. The number of rotatable bonds is 3. The molecule has 0 aromatic heterocycles. The van der Waals surface area contributed by atoms with E-state index in [1.165, 1.54) is 6.07 Å². The molecular weight excluding hydrogens is 208 g/mol. The Balaban J connectivity index is 2.48. The van der Waals surface area contributed by atoms with E-state index >= 15 is 0 Å².